The van der Waals surface area contributed by atoms with Gasteiger partial charge in [0.2, 0.25) is 0 Å². The van der Waals surface area contributed by atoms with Crippen LogP contribution in [0.4, 0.5) is 0 Å². The van der Waals surface area contributed by atoms with Crippen molar-refractivity contribution in [3.8, 4) is 0 Å². The van der Waals surface area contributed by atoms with E-state index in [0.29, 0.717) is 11.6 Å². The number of hydrogen-bond acceptors (Lipinski definition) is 3. The van der Waals surface area contributed by atoms with Gasteiger partial charge in [-0.2, -0.15) is 17.4 Å². The van der Waals surface area contributed by atoms with Crippen LogP contribution in [0.15, 0.2) is 24.5 Å². The lowest BCUT2D eigenvalue weighted by Crippen LogP contribution is -2.43. The number of fused-ring (bicyclic) bond motifs is 1. The molecule has 1 aliphatic carbocycles. The van der Waals surface area contributed by atoms with E-state index in [9.17, 15) is 8.42 Å². The van der Waals surface area contributed by atoms with Gasteiger partial charge in [0.15, 0.2) is 0 Å². The number of aryl methyl sites for hydroxylation is 1. The molecule has 0 aliphatic heterocycles. The van der Waals surface area contributed by atoms with E-state index in [1.54, 1.807) is 7.05 Å². The van der Waals surface area contributed by atoms with E-state index < -0.39 is 10.2 Å². The fourth-order valence-electron chi connectivity index (χ4n) is 2.58. The normalized spacial score (nSPS) is 17.3. The third-order valence-corrected chi connectivity index (χ3v) is 5.96. The van der Waals surface area contributed by atoms with E-state index in [4.69, 9.17) is 0 Å². The topological polar surface area (TPSA) is 66.7 Å². The number of nitrogens with one attached hydrogen (secondary N) is 1. The van der Waals surface area contributed by atoms with Gasteiger partial charge in [-0.1, -0.05) is 0 Å². The summed E-state index contributed by atoms with van der Waals surface area (Å²) in [6.45, 7) is 4.17. The SMILES string of the molecule is Cc1ccn2cc(CNS(=O)(=O)N(C)[C@H](C)C3CC3)nc2c1. The molecule has 2 heterocycles. The zero-order chi connectivity index (χ0) is 15.9. The summed E-state index contributed by atoms with van der Waals surface area (Å²) in [7, 11) is -1.84. The summed E-state index contributed by atoms with van der Waals surface area (Å²) in [5.74, 6) is 0.500. The predicted octanol–water partition coefficient (Wildman–Crippen LogP) is 1.71. The second-order valence-electron chi connectivity index (χ2n) is 6.12. The van der Waals surface area contributed by atoms with Crippen LogP contribution in [-0.2, 0) is 16.8 Å². The summed E-state index contributed by atoms with van der Waals surface area (Å²) in [5, 5.41) is 0. The van der Waals surface area contributed by atoms with Gasteiger partial charge in [0.25, 0.3) is 10.2 Å². The molecule has 1 N–H and O–H groups in total. The van der Waals surface area contributed by atoms with E-state index in [0.717, 1.165) is 24.1 Å². The lowest BCUT2D eigenvalue weighted by Gasteiger charge is -2.24. The molecule has 22 heavy (non-hydrogen) atoms. The number of rotatable bonds is 6. The highest BCUT2D eigenvalue weighted by Crippen LogP contribution is 2.35. The minimum atomic E-state index is -3.47. The molecule has 0 spiro atoms. The lowest BCUT2D eigenvalue weighted by atomic mass is 10.2. The molecule has 7 heteroatoms. The van der Waals surface area contributed by atoms with Crippen LogP contribution in [0, 0.1) is 12.8 Å². The summed E-state index contributed by atoms with van der Waals surface area (Å²) >= 11 is 0. The zero-order valence-electron chi connectivity index (χ0n) is 13.2. The Morgan fingerprint density at radius 3 is 2.91 bits per heavy atom. The average molecular weight is 322 g/mol. The molecule has 1 aliphatic rings. The molecule has 120 valence electrons. The van der Waals surface area contributed by atoms with Gasteiger partial charge in [-0.15, -0.1) is 0 Å². The summed E-state index contributed by atoms with van der Waals surface area (Å²) in [6.07, 6.45) is 6.01. The Hall–Kier alpha value is -1.44. The molecule has 0 bridgehead atoms. The van der Waals surface area contributed by atoms with Crippen LogP contribution in [0.1, 0.15) is 31.0 Å². The van der Waals surface area contributed by atoms with Gasteiger partial charge in [0.05, 0.1) is 12.2 Å². The molecule has 0 saturated heterocycles. The van der Waals surface area contributed by atoms with Gasteiger partial charge in [-0.05, 0) is 50.3 Å². The molecule has 2 aromatic heterocycles. The maximum absolute atomic E-state index is 12.3. The van der Waals surface area contributed by atoms with E-state index in [1.165, 1.54) is 4.31 Å². The van der Waals surface area contributed by atoms with Crippen molar-refractivity contribution < 1.29 is 8.42 Å². The van der Waals surface area contributed by atoms with E-state index in [2.05, 4.69) is 9.71 Å². The second-order valence-corrected chi connectivity index (χ2v) is 7.94. The van der Waals surface area contributed by atoms with Crippen molar-refractivity contribution in [3.63, 3.8) is 0 Å². The summed E-state index contributed by atoms with van der Waals surface area (Å²) in [5.41, 5.74) is 2.67. The van der Waals surface area contributed by atoms with Gasteiger partial charge in [-0.25, -0.2) is 4.98 Å². The average Bonchev–Trinajstić information content (AvgIpc) is 3.24. The molecular weight excluding hydrogens is 300 g/mol. The third-order valence-electron chi connectivity index (χ3n) is 4.36. The minimum absolute atomic E-state index is 0.0428. The number of nitrogens with zero attached hydrogens (tertiary/aromatic N) is 3. The molecule has 0 amide bonds. The van der Waals surface area contributed by atoms with Crippen molar-refractivity contribution in [3.05, 3.63) is 35.8 Å². The Labute approximate surface area is 131 Å². The molecule has 1 atom stereocenters. The maximum atomic E-state index is 12.3. The van der Waals surface area contributed by atoms with E-state index >= 15 is 0 Å². The Bertz CT molecular complexity index is 780. The van der Waals surface area contributed by atoms with Crippen LogP contribution in [0.5, 0.6) is 0 Å². The first-order valence-electron chi connectivity index (χ1n) is 7.53. The fraction of sp³-hybridized carbons (Fsp3) is 0.533. The van der Waals surface area contributed by atoms with Crippen LogP contribution in [0.2, 0.25) is 0 Å². The number of aromatic nitrogens is 2. The summed E-state index contributed by atoms with van der Waals surface area (Å²) < 4.78 is 30.6. The molecule has 1 saturated carbocycles. The van der Waals surface area contributed by atoms with Crippen molar-refractivity contribution in [1.29, 1.82) is 0 Å². The molecule has 0 radical (unpaired) electrons. The van der Waals surface area contributed by atoms with Crippen LogP contribution in [-0.4, -0.2) is 35.2 Å². The zero-order valence-corrected chi connectivity index (χ0v) is 14.0. The molecule has 2 aromatic rings. The quantitative estimate of drug-likeness (QED) is 0.880. The van der Waals surface area contributed by atoms with Crippen molar-refractivity contribution in [2.75, 3.05) is 7.05 Å². The number of imidazole rings is 1. The van der Waals surface area contributed by atoms with Crippen molar-refractivity contribution in [1.82, 2.24) is 18.4 Å². The van der Waals surface area contributed by atoms with Gasteiger partial charge in [0.1, 0.15) is 5.65 Å². The first kappa shape index (κ1) is 15.5. The summed E-state index contributed by atoms with van der Waals surface area (Å²) in [6, 6.07) is 4.01. The van der Waals surface area contributed by atoms with Crippen LogP contribution >= 0.6 is 0 Å². The first-order chi connectivity index (χ1) is 10.4. The molecule has 0 unspecified atom stereocenters. The highest BCUT2D eigenvalue weighted by atomic mass is 32.2. The largest absolute Gasteiger partial charge is 0.307 e. The third kappa shape index (κ3) is 3.16. The van der Waals surface area contributed by atoms with Gasteiger partial charge < -0.3 is 4.40 Å². The van der Waals surface area contributed by atoms with Gasteiger partial charge >= 0.3 is 0 Å². The maximum Gasteiger partial charge on any atom is 0.279 e. The van der Waals surface area contributed by atoms with Gasteiger partial charge in [-0.3, -0.25) is 0 Å². The van der Waals surface area contributed by atoms with Crippen LogP contribution in [0.3, 0.4) is 0 Å². The highest BCUT2D eigenvalue weighted by Gasteiger charge is 2.35. The predicted molar refractivity (Wildman–Crippen MR) is 85.6 cm³/mol. The number of pyridine rings is 1. The van der Waals surface area contributed by atoms with Crippen molar-refractivity contribution in [2.24, 2.45) is 5.92 Å². The lowest BCUT2D eigenvalue weighted by molar-refractivity contribution is 0.351. The molecule has 0 aromatic carbocycles. The monoisotopic (exact) mass is 322 g/mol. The molecule has 3 rings (SSSR count). The molecular formula is C15H22N4O2S. The Balaban J connectivity index is 1.69. The fourth-order valence-corrected chi connectivity index (χ4v) is 3.73. The smallest absolute Gasteiger partial charge is 0.279 e. The van der Waals surface area contributed by atoms with Gasteiger partial charge in [0, 0.05) is 25.5 Å². The summed E-state index contributed by atoms with van der Waals surface area (Å²) in [4.78, 5) is 4.45. The molecule has 6 nitrogen and oxygen atoms in total. The van der Waals surface area contributed by atoms with Crippen molar-refractivity contribution in [2.45, 2.75) is 39.3 Å². The highest BCUT2D eigenvalue weighted by molar-refractivity contribution is 7.87. The minimum Gasteiger partial charge on any atom is -0.307 e. The Morgan fingerprint density at radius 1 is 1.50 bits per heavy atom. The van der Waals surface area contributed by atoms with Crippen molar-refractivity contribution >= 4 is 15.9 Å². The van der Waals surface area contributed by atoms with Crippen LogP contribution in [0.25, 0.3) is 5.65 Å². The first-order valence-corrected chi connectivity index (χ1v) is 8.98. The van der Waals surface area contributed by atoms with E-state index in [-0.39, 0.29) is 12.6 Å². The standard InChI is InChI=1S/C15H22N4O2S/c1-11-6-7-19-10-14(17-15(19)8-11)9-16-22(20,21)18(3)12(2)13-4-5-13/h6-8,10,12-13,16H,4-5,9H2,1-3H3/t12-/m1/s1. The number of hydrogen-bond donors (Lipinski definition) is 1. The Kier molecular flexibility index (Phi) is 3.96. The van der Waals surface area contributed by atoms with E-state index in [1.807, 2.05) is 42.8 Å². The second kappa shape index (κ2) is 5.64. The Morgan fingerprint density at radius 2 is 2.23 bits per heavy atom. The molecule has 1 fully saturated rings. The van der Waals surface area contributed by atoms with Crippen LogP contribution < -0.4 is 4.72 Å².